The summed E-state index contributed by atoms with van der Waals surface area (Å²) in [4.78, 5) is 18.3. The van der Waals surface area contributed by atoms with Crippen molar-refractivity contribution in [2.45, 2.75) is 87.5 Å². The Bertz CT molecular complexity index is 1250. The monoisotopic (exact) mass is 593 g/mol. The number of fused-ring (bicyclic) bond motifs is 1. The van der Waals surface area contributed by atoms with Crippen LogP contribution in [0.25, 0.3) is 0 Å². The lowest BCUT2D eigenvalue weighted by Crippen LogP contribution is -2.56. The molecule has 3 fully saturated rings. The van der Waals surface area contributed by atoms with E-state index in [2.05, 4.69) is 29.4 Å². The molecule has 6 nitrogen and oxygen atoms in total. The van der Waals surface area contributed by atoms with Gasteiger partial charge in [-0.25, -0.2) is 4.79 Å². The third-order valence-corrected chi connectivity index (χ3v) is 9.91. The number of benzene rings is 2. The van der Waals surface area contributed by atoms with Crippen LogP contribution in [0.2, 0.25) is 5.02 Å². The highest BCUT2D eigenvalue weighted by atomic mass is 35.5. The maximum absolute atomic E-state index is 13.9. The minimum absolute atomic E-state index is 0.0219. The first-order chi connectivity index (χ1) is 19.6. The molecular weight excluding hydrogens is 555 g/mol. The molecule has 10 heteroatoms. The Balaban J connectivity index is 1.42. The van der Waals surface area contributed by atoms with E-state index in [1.54, 1.807) is 14.2 Å². The number of likely N-dealkylation sites (tertiary alicyclic amines) is 1. The van der Waals surface area contributed by atoms with Crippen molar-refractivity contribution >= 4 is 23.3 Å². The van der Waals surface area contributed by atoms with E-state index in [9.17, 15) is 18.0 Å². The largest absolute Gasteiger partial charge is 0.493 e. The number of methoxy groups -OCH3 is 2. The maximum Gasteiger partial charge on any atom is 0.417 e. The van der Waals surface area contributed by atoms with E-state index in [0.717, 1.165) is 70.4 Å². The second-order valence-electron chi connectivity index (χ2n) is 11.7. The minimum atomic E-state index is -4.61. The Morgan fingerprint density at radius 1 is 1.00 bits per heavy atom. The summed E-state index contributed by atoms with van der Waals surface area (Å²) >= 11 is 5.83. The number of amides is 2. The molecule has 3 atom stereocenters. The van der Waals surface area contributed by atoms with Crippen molar-refractivity contribution in [3.05, 3.63) is 52.5 Å². The second-order valence-corrected chi connectivity index (χ2v) is 12.1. The van der Waals surface area contributed by atoms with Crippen LogP contribution in [0.1, 0.15) is 68.9 Å². The highest BCUT2D eigenvalue weighted by Gasteiger charge is 2.52. The Labute approximate surface area is 245 Å². The molecule has 1 heterocycles. The van der Waals surface area contributed by atoms with E-state index >= 15 is 0 Å². The highest BCUT2D eigenvalue weighted by Crippen LogP contribution is 2.51. The van der Waals surface area contributed by atoms with Crippen LogP contribution in [-0.4, -0.2) is 61.8 Å². The molecule has 1 saturated heterocycles. The standard InChI is InChI=1S/C31H39ClF3N3O3/c1-37-16-15-30(20-9-12-26(40-2)27(17-20)41-3)14-13-23(19-28(30)37)38(22-7-5-4-6-8-22)29(39)36-21-10-11-25(32)24(18-21)31(33,34)35/h9-12,17-18,22-23,28H,4-8,13-16,19H2,1-3H3,(H,36,39)/t23-,28+,30+/m1/s1. The number of nitrogens with one attached hydrogen (secondary N) is 1. The number of likely N-dealkylation sites (N-methyl/N-ethyl adjacent to an activating group) is 1. The molecule has 0 radical (unpaired) electrons. The Hall–Kier alpha value is -2.65. The SMILES string of the molecule is COc1ccc([C@@]23CC[C@@H](N(C(=O)Nc4ccc(Cl)c(C(F)(F)F)c4)C4CCCCC4)C[C@@H]2N(C)CC3)cc1OC. The molecule has 2 amide bonds. The summed E-state index contributed by atoms with van der Waals surface area (Å²) in [5.74, 6) is 1.40. The number of hydrogen-bond acceptors (Lipinski definition) is 4. The summed E-state index contributed by atoms with van der Waals surface area (Å²) in [6, 6.07) is 9.66. The van der Waals surface area contributed by atoms with Crippen LogP contribution in [0.4, 0.5) is 23.7 Å². The van der Waals surface area contributed by atoms with Gasteiger partial charge in [0.05, 0.1) is 24.8 Å². The molecule has 41 heavy (non-hydrogen) atoms. The van der Waals surface area contributed by atoms with E-state index in [4.69, 9.17) is 21.1 Å². The Kier molecular flexibility index (Phi) is 8.67. The maximum atomic E-state index is 13.9. The number of carbonyl (C=O) groups excluding carboxylic acids is 1. The molecule has 1 N–H and O–H groups in total. The number of rotatable bonds is 6. The number of hydrogen-bond donors (Lipinski definition) is 1. The molecule has 3 aliphatic rings. The van der Waals surface area contributed by atoms with Crippen molar-refractivity contribution in [2.24, 2.45) is 0 Å². The molecule has 2 aromatic carbocycles. The summed E-state index contributed by atoms with van der Waals surface area (Å²) in [7, 11) is 5.42. The van der Waals surface area contributed by atoms with Gasteiger partial charge in [0, 0.05) is 29.2 Å². The number of ether oxygens (including phenoxy) is 2. The van der Waals surface area contributed by atoms with Gasteiger partial charge in [-0.2, -0.15) is 13.2 Å². The quantitative estimate of drug-likeness (QED) is 0.372. The van der Waals surface area contributed by atoms with E-state index in [0.29, 0.717) is 11.5 Å². The number of nitrogens with zero attached hydrogens (tertiary/aromatic N) is 2. The molecule has 0 unspecified atom stereocenters. The lowest BCUT2D eigenvalue weighted by Gasteiger charge is -2.49. The van der Waals surface area contributed by atoms with Gasteiger partial charge in [-0.1, -0.05) is 36.9 Å². The van der Waals surface area contributed by atoms with Crippen LogP contribution in [-0.2, 0) is 11.6 Å². The number of urea groups is 1. The molecule has 5 rings (SSSR count). The van der Waals surface area contributed by atoms with Crippen molar-refractivity contribution in [3.8, 4) is 11.5 Å². The average Bonchev–Trinajstić information content (AvgIpc) is 3.30. The summed E-state index contributed by atoms with van der Waals surface area (Å²) < 4.78 is 51.6. The zero-order chi connectivity index (χ0) is 29.4. The summed E-state index contributed by atoms with van der Waals surface area (Å²) in [5, 5.41) is 2.41. The van der Waals surface area contributed by atoms with Gasteiger partial charge >= 0.3 is 12.2 Å². The van der Waals surface area contributed by atoms with Gasteiger partial charge in [-0.15, -0.1) is 0 Å². The minimum Gasteiger partial charge on any atom is -0.493 e. The van der Waals surface area contributed by atoms with Crippen molar-refractivity contribution in [2.75, 3.05) is 33.1 Å². The average molecular weight is 594 g/mol. The lowest BCUT2D eigenvalue weighted by atomic mass is 9.64. The van der Waals surface area contributed by atoms with Crippen LogP contribution in [0.15, 0.2) is 36.4 Å². The Morgan fingerprint density at radius 3 is 2.41 bits per heavy atom. The predicted octanol–water partition coefficient (Wildman–Crippen LogP) is 7.74. The summed E-state index contributed by atoms with van der Waals surface area (Å²) in [5.41, 5.74) is 0.293. The fraction of sp³-hybridized carbons (Fsp3) is 0.581. The molecule has 224 valence electrons. The van der Waals surface area contributed by atoms with Gasteiger partial charge in [0.1, 0.15) is 0 Å². The molecule has 2 aromatic rings. The number of carbonyl (C=O) groups is 1. The molecule has 2 saturated carbocycles. The first-order valence-electron chi connectivity index (χ1n) is 14.5. The van der Waals surface area contributed by atoms with Crippen LogP contribution >= 0.6 is 11.6 Å². The van der Waals surface area contributed by atoms with Crippen molar-refractivity contribution in [1.82, 2.24) is 9.80 Å². The van der Waals surface area contributed by atoms with Crippen LogP contribution in [0.3, 0.4) is 0 Å². The highest BCUT2D eigenvalue weighted by molar-refractivity contribution is 6.31. The van der Waals surface area contributed by atoms with E-state index in [1.165, 1.54) is 17.7 Å². The van der Waals surface area contributed by atoms with E-state index < -0.39 is 11.7 Å². The molecule has 0 aromatic heterocycles. The molecule has 0 spiro atoms. The second kappa shape index (κ2) is 11.9. The first kappa shape index (κ1) is 29.8. The van der Waals surface area contributed by atoms with Crippen molar-refractivity contribution < 1.29 is 27.4 Å². The number of halogens is 4. The van der Waals surface area contributed by atoms with Crippen molar-refractivity contribution in [1.29, 1.82) is 0 Å². The smallest absolute Gasteiger partial charge is 0.417 e. The molecule has 1 aliphatic heterocycles. The summed E-state index contributed by atoms with van der Waals surface area (Å²) in [6.45, 7) is 0.951. The number of alkyl halides is 3. The Morgan fingerprint density at radius 2 is 1.73 bits per heavy atom. The van der Waals surface area contributed by atoms with Crippen LogP contribution in [0.5, 0.6) is 11.5 Å². The third-order valence-electron chi connectivity index (χ3n) is 9.58. The van der Waals surface area contributed by atoms with Crippen LogP contribution < -0.4 is 14.8 Å². The topological polar surface area (TPSA) is 54.0 Å². The fourth-order valence-corrected chi connectivity index (χ4v) is 7.72. The van der Waals surface area contributed by atoms with E-state index in [1.807, 2.05) is 11.0 Å². The van der Waals surface area contributed by atoms with Gasteiger partial charge in [-0.3, -0.25) is 0 Å². The molecule has 0 bridgehead atoms. The lowest BCUT2D eigenvalue weighted by molar-refractivity contribution is -0.137. The predicted molar refractivity (Wildman–Crippen MR) is 154 cm³/mol. The van der Waals surface area contributed by atoms with Gasteiger partial charge in [-0.05, 0) is 88.0 Å². The van der Waals surface area contributed by atoms with Gasteiger partial charge in [0.15, 0.2) is 11.5 Å². The zero-order valence-corrected chi connectivity index (χ0v) is 24.7. The van der Waals surface area contributed by atoms with Gasteiger partial charge in [0.25, 0.3) is 0 Å². The van der Waals surface area contributed by atoms with Gasteiger partial charge < -0.3 is 24.6 Å². The summed E-state index contributed by atoms with van der Waals surface area (Å²) in [6.07, 6.45) is 3.94. The molecule has 2 aliphatic carbocycles. The first-order valence-corrected chi connectivity index (χ1v) is 14.8. The normalized spacial score (nSPS) is 25.4. The zero-order valence-electron chi connectivity index (χ0n) is 23.9. The fourth-order valence-electron chi connectivity index (χ4n) is 7.49. The van der Waals surface area contributed by atoms with Crippen LogP contribution in [0, 0.1) is 0 Å². The van der Waals surface area contributed by atoms with E-state index in [-0.39, 0.29) is 40.3 Å². The molecular formula is C31H39ClF3N3O3. The third kappa shape index (κ3) is 5.85. The number of anilines is 1. The van der Waals surface area contributed by atoms with Crippen molar-refractivity contribution in [3.63, 3.8) is 0 Å². The van der Waals surface area contributed by atoms with Gasteiger partial charge in [0.2, 0.25) is 0 Å².